The molecule has 0 aliphatic carbocycles. The van der Waals surface area contributed by atoms with Crippen LogP contribution in [0.4, 0.5) is 16.2 Å². The molecule has 1 aromatic rings. The van der Waals surface area contributed by atoms with Crippen LogP contribution in [0.2, 0.25) is 0 Å². The van der Waals surface area contributed by atoms with Crippen LogP contribution >= 0.6 is 0 Å². The molecule has 0 saturated carbocycles. The summed E-state index contributed by atoms with van der Waals surface area (Å²) in [5.74, 6) is 0.179. The molecule has 0 radical (unpaired) electrons. The fourth-order valence-electron chi connectivity index (χ4n) is 3.26. The summed E-state index contributed by atoms with van der Waals surface area (Å²) in [6.45, 7) is 7.23. The van der Waals surface area contributed by atoms with Crippen LogP contribution in [0, 0.1) is 5.92 Å². The van der Waals surface area contributed by atoms with Gasteiger partial charge in [-0.3, -0.25) is 14.6 Å². The highest BCUT2D eigenvalue weighted by atomic mass is 16.2. The lowest BCUT2D eigenvalue weighted by molar-refractivity contribution is -0.121. The fraction of sp³-hybridized carbons (Fsp3) is 0.556. The summed E-state index contributed by atoms with van der Waals surface area (Å²) in [5, 5.41) is 5.82. The van der Waals surface area contributed by atoms with Gasteiger partial charge in [-0.2, -0.15) is 0 Å². The SMILES string of the molecule is CCNC(=O)N1CCc2ccc(NC(=O)[C@H](C(C)C)N(C)C)cc21. The standard InChI is InChI=1S/C18H28N4O2/c1-6-19-18(24)22-10-9-13-7-8-14(11-15(13)22)20-17(23)16(12(2)3)21(4)5/h7-8,11-12,16H,6,9-10H2,1-5H3,(H,19,24)(H,20,23)/t16-/m0/s1. The number of urea groups is 1. The zero-order chi connectivity index (χ0) is 17.9. The van der Waals surface area contributed by atoms with E-state index in [9.17, 15) is 9.59 Å². The Morgan fingerprint density at radius 1 is 1.29 bits per heavy atom. The highest BCUT2D eigenvalue weighted by molar-refractivity contribution is 5.98. The molecule has 1 atom stereocenters. The zero-order valence-electron chi connectivity index (χ0n) is 15.2. The number of rotatable bonds is 5. The minimum atomic E-state index is -0.197. The molecular formula is C18H28N4O2. The normalized spacial score (nSPS) is 14.7. The van der Waals surface area contributed by atoms with E-state index in [-0.39, 0.29) is 23.9 Å². The van der Waals surface area contributed by atoms with E-state index in [1.165, 1.54) is 0 Å². The van der Waals surface area contributed by atoms with Gasteiger partial charge in [0.15, 0.2) is 0 Å². The maximum absolute atomic E-state index is 12.6. The van der Waals surface area contributed by atoms with Crippen LogP contribution in [0.15, 0.2) is 18.2 Å². The van der Waals surface area contributed by atoms with Crippen molar-refractivity contribution < 1.29 is 9.59 Å². The molecular weight excluding hydrogens is 304 g/mol. The third kappa shape index (κ3) is 3.87. The van der Waals surface area contributed by atoms with Crippen molar-refractivity contribution in [2.75, 3.05) is 37.4 Å². The Balaban J connectivity index is 2.18. The summed E-state index contributed by atoms with van der Waals surface area (Å²) in [5.41, 5.74) is 2.74. The number of nitrogens with zero attached hydrogens (tertiary/aromatic N) is 2. The monoisotopic (exact) mass is 332 g/mol. The molecule has 0 aromatic heterocycles. The maximum atomic E-state index is 12.6. The van der Waals surface area contributed by atoms with Gasteiger partial charge in [0.25, 0.3) is 0 Å². The molecule has 0 unspecified atom stereocenters. The first-order chi connectivity index (χ1) is 11.3. The molecule has 24 heavy (non-hydrogen) atoms. The van der Waals surface area contributed by atoms with Crippen molar-refractivity contribution in [3.8, 4) is 0 Å². The lowest BCUT2D eigenvalue weighted by atomic mass is 10.0. The van der Waals surface area contributed by atoms with Gasteiger partial charge in [0.2, 0.25) is 5.91 Å². The van der Waals surface area contributed by atoms with Gasteiger partial charge in [0, 0.05) is 18.8 Å². The number of fused-ring (bicyclic) bond motifs is 1. The number of nitrogens with one attached hydrogen (secondary N) is 2. The molecule has 0 spiro atoms. The fourth-order valence-corrected chi connectivity index (χ4v) is 3.26. The average Bonchev–Trinajstić information content (AvgIpc) is 2.89. The first kappa shape index (κ1) is 18.3. The average molecular weight is 332 g/mol. The second kappa shape index (κ2) is 7.66. The lowest BCUT2D eigenvalue weighted by Gasteiger charge is -2.27. The molecule has 6 nitrogen and oxygen atoms in total. The molecule has 0 saturated heterocycles. The van der Waals surface area contributed by atoms with Crippen molar-refractivity contribution in [1.82, 2.24) is 10.2 Å². The van der Waals surface area contributed by atoms with E-state index in [0.29, 0.717) is 13.1 Å². The topological polar surface area (TPSA) is 64.7 Å². The number of carbonyl (C=O) groups is 2. The van der Waals surface area contributed by atoms with Crippen LogP contribution in [0.3, 0.4) is 0 Å². The van der Waals surface area contributed by atoms with Crippen LogP contribution in [-0.2, 0) is 11.2 Å². The first-order valence-electron chi connectivity index (χ1n) is 8.50. The molecule has 0 bridgehead atoms. The van der Waals surface area contributed by atoms with Gasteiger partial charge in [0.05, 0.1) is 11.7 Å². The van der Waals surface area contributed by atoms with Crippen LogP contribution in [0.5, 0.6) is 0 Å². The number of hydrogen-bond donors (Lipinski definition) is 2. The third-order valence-electron chi connectivity index (χ3n) is 4.28. The highest BCUT2D eigenvalue weighted by Gasteiger charge is 2.27. The van der Waals surface area contributed by atoms with Crippen LogP contribution in [0.25, 0.3) is 0 Å². The van der Waals surface area contributed by atoms with E-state index in [2.05, 4.69) is 10.6 Å². The Morgan fingerprint density at radius 2 is 2.00 bits per heavy atom. The van der Waals surface area contributed by atoms with Gasteiger partial charge in [-0.05, 0) is 51.1 Å². The molecule has 1 aromatic carbocycles. The number of carbonyl (C=O) groups excluding carboxylic acids is 2. The number of likely N-dealkylation sites (N-methyl/N-ethyl adjacent to an activating group) is 1. The summed E-state index contributed by atoms with van der Waals surface area (Å²) >= 11 is 0. The first-order valence-corrected chi connectivity index (χ1v) is 8.50. The molecule has 0 fully saturated rings. The molecule has 132 valence electrons. The van der Waals surface area contributed by atoms with E-state index in [0.717, 1.165) is 23.4 Å². The van der Waals surface area contributed by atoms with Crippen molar-refractivity contribution >= 4 is 23.3 Å². The Kier molecular flexibility index (Phi) is 5.83. The Morgan fingerprint density at radius 3 is 2.58 bits per heavy atom. The molecule has 6 heteroatoms. The minimum Gasteiger partial charge on any atom is -0.338 e. The van der Waals surface area contributed by atoms with Gasteiger partial charge >= 0.3 is 6.03 Å². The minimum absolute atomic E-state index is 0.0301. The molecule has 1 heterocycles. The summed E-state index contributed by atoms with van der Waals surface area (Å²) in [7, 11) is 3.81. The van der Waals surface area contributed by atoms with E-state index < -0.39 is 0 Å². The zero-order valence-corrected chi connectivity index (χ0v) is 15.2. The predicted octanol–water partition coefficient (Wildman–Crippen LogP) is 2.30. The van der Waals surface area contributed by atoms with Gasteiger partial charge < -0.3 is 10.6 Å². The van der Waals surface area contributed by atoms with Crippen molar-refractivity contribution in [2.45, 2.75) is 33.2 Å². The van der Waals surface area contributed by atoms with Crippen molar-refractivity contribution in [3.63, 3.8) is 0 Å². The lowest BCUT2D eigenvalue weighted by Crippen LogP contribution is -2.43. The van der Waals surface area contributed by atoms with E-state index >= 15 is 0 Å². The van der Waals surface area contributed by atoms with Crippen molar-refractivity contribution in [3.05, 3.63) is 23.8 Å². The Bertz CT molecular complexity index is 605. The highest BCUT2D eigenvalue weighted by Crippen LogP contribution is 2.31. The summed E-state index contributed by atoms with van der Waals surface area (Å²) in [6.07, 6.45) is 0.840. The number of hydrogen-bond acceptors (Lipinski definition) is 3. The Hall–Kier alpha value is -2.08. The largest absolute Gasteiger partial charge is 0.338 e. The van der Waals surface area contributed by atoms with Crippen LogP contribution in [-0.4, -0.2) is 50.1 Å². The van der Waals surface area contributed by atoms with Gasteiger partial charge in [-0.15, -0.1) is 0 Å². The number of benzene rings is 1. The molecule has 1 aliphatic rings. The van der Waals surface area contributed by atoms with Crippen LogP contribution < -0.4 is 15.5 Å². The third-order valence-corrected chi connectivity index (χ3v) is 4.28. The predicted molar refractivity (Wildman–Crippen MR) is 97.5 cm³/mol. The second-order valence-electron chi connectivity index (χ2n) is 6.72. The number of amides is 3. The van der Waals surface area contributed by atoms with Gasteiger partial charge in [-0.25, -0.2) is 4.79 Å². The van der Waals surface area contributed by atoms with Gasteiger partial charge in [-0.1, -0.05) is 19.9 Å². The summed E-state index contributed by atoms with van der Waals surface area (Å²) in [6, 6.07) is 5.50. The quantitative estimate of drug-likeness (QED) is 0.869. The smallest absolute Gasteiger partial charge is 0.321 e. The summed E-state index contributed by atoms with van der Waals surface area (Å²) in [4.78, 5) is 28.4. The van der Waals surface area contributed by atoms with Gasteiger partial charge in [0.1, 0.15) is 0 Å². The van der Waals surface area contributed by atoms with E-state index in [1.807, 2.05) is 58.0 Å². The number of anilines is 2. The van der Waals surface area contributed by atoms with Crippen molar-refractivity contribution in [2.24, 2.45) is 5.92 Å². The molecule has 1 aliphatic heterocycles. The van der Waals surface area contributed by atoms with Crippen LogP contribution in [0.1, 0.15) is 26.3 Å². The summed E-state index contributed by atoms with van der Waals surface area (Å²) < 4.78 is 0. The molecule has 3 amide bonds. The van der Waals surface area contributed by atoms with E-state index in [1.54, 1.807) is 4.90 Å². The molecule has 2 rings (SSSR count). The van der Waals surface area contributed by atoms with E-state index in [4.69, 9.17) is 0 Å². The maximum Gasteiger partial charge on any atom is 0.321 e. The second-order valence-corrected chi connectivity index (χ2v) is 6.72. The molecule has 2 N–H and O–H groups in total. The van der Waals surface area contributed by atoms with Crippen molar-refractivity contribution in [1.29, 1.82) is 0 Å². The Labute approximate surface area is 144 Å².